The largest absolute Gasteiger partial charge is 0.491 e. The zero-order chi connectivity index (χ0) is 40.7. The third-order valence-electron chi connectivity index (χ3n) is 5.47. The first-order valence-electron chi connectivity index (χ1n) is 14.7. The minimum Gasteiger partial charge on any atom is -0.462 e. The summed E-state index contributed by atoms with van der Waals surface area (Å²) in [5.74, 6) is -4.14. The Morgan fingerprint density at radius 1 is 0.673 bits per heavy atom. The van der Waals surface area contributed by atoms with E-state index in [4.69, 9.17) is 15.3 Å². The third kappa shape index (κ3) is 20.0. The number of alkyl halides is 9. The Morgan fingerprint density at radius 2 is 1.06 bits per heavy atom. The van der Waals surface area contributed by atoms with E-state index in [9.17, 15) is 63.5 Å². The number of nitrogens with one attached hydrogen (secondary N) is 2. The van der Waals surface area contributed by atoms with E-state index < -0.39 is 54.7 Å². The van der Waals surface area contributed by atoms with Gasteiger partial charge in [-0.25, -0.2) is 35.0 Å². The fourth-order valence-electron chi connectivity index (χ4n) is 2.95. The number of nitrogens with two attached hydrogens (primary N) is 1. The first-order chi connectivity index (χ1) is 24.0. The molecule has 0 aliphatic rings. The number of carbonyl (C=O) groups excluding carboxylic acids is 5. The highest BCUT2D eigenvalue weighted by atomic mass is 19.4. The van der Waals surface area contributed by atoms with E-state index in [1.165, 1.54) is 44.2 Å². The Kier molecular flexibility index (Phi) is 22.8. The second kappa shape index (κ2) is 24.2. The van der Waals surface area contributed by atoms with E-state index in [1.807, 2.05) is 0 Å². The average Bonchev–Trinajstić information content (AvgIpc) is 3.07. The van der Waals surface area contributed by atoms with Crippen LogP contribution >= 0.6 is 0 Å². The van der Waals surface area contributed by atoms with E-state index in [0.717, 1.165) is 0 Å². The maximum absolute atomic E-state index is 12.0. The van der Waals surface area contributed by atoms with Crippen LogP contribution in [0.2, 0.25) is 0 Å². The van der Waals surface area contributed by atoms with Gasteiger partial charge in [-0.3, -0.25) is 4.79 Å². The summed E-state index contributed by atoms with van der Waals surface area (Å²) >= 11 is 0. The quantitative estimate of drug-likeness (QED) is 0.0700. The molecule has 0 unspecified atom stereocenters. The molecule has 4 N–H and O–H groups in total. The summed E-state index contributed by atoms with van der Waals surface area (Å²) in [6.45, 7) is 12.9. The molecule has 2 rings (SSSR count). The van der Waals surface area contributed by atoms with E-state index in [2.05, 4.69) is 51.1 Å². The second-order valence-electron chi connectivity index (χ2n) is 8.95. The molecule has 2 aromatic heterocycles. The van der Waals surface area contributed by atoms with E-state index in [0.29, 0.717) is 18.0 Å². The lowest BCUT2D eigenvalue weighted by atomic mass is 10.2. The van der Waals surface area contributed by atoms with Crippen molar-refractivity contribution >= 4 is 41.3 Å². The highest BCUT2D eigenvalue weighted by Gasteiger charge is 2.49. The van der Waals surface area contributed by atoms with E-state index in [1.54, 1.807) is 26.0 Å². The number of hydrogen-bond acceptors (Lipinski definition) is 14. The van der Waals surface area contributed by atoms with Gasteiger partial charge in [0.25, 0.3) is 5.78 Å². The topological polar surface area (TPSA) is 192 Å². The summed E-state index contributed by atoms with van der Waals surface area (Å²) < 4.78 is 115. The lowest BCUT2D eigenvalue weighted by molar-refractivity contribution is -0.221. The van der Waals surface area contributed by atoms with Gasteiger partial charge in [0.2, 0.25) is 0 Å². The maximum atomic E-state index is 12.0. The summed E-state index contributed by atoms with van der Waals surface area (Å²) in [4.78, 5) is 62.7. The monoisotopic (exact) mass is 768 g/mol. The Bertz CT molecular complexity index is 1390. The van der Waals surface area contributed by atoms with E-state index in [-0.39, 0.29) is 18.0 Å². The molecule has 0 saturated carbocycles. The van der Waals surface area contributed by atoms with Crippen molar-refractivity contribution in [3.63, 3.8) is 0 Å². The number of esters is 4. The first kappa shape index (κ1) is 49.1. The number of nitrogens with zero attached hydrogens (tertiary/aromatic N) is 3. The number of anilines is 2. The van der Waals surface area contributed by atoms with Gasteiger partial charge in [0.05, 0.1) is 19.8 Å². The number of hydrazine groups is 1. The molecule has 0 aromatic carbocycles. The summed E-state index contributed by atoms with van der Waals surface area (Å²) in [5, 5.41) is 2.18. The molecule has 2 heterocycles. The summed E-state index contributed by atoms with van der Waals surface area (Å²) in [5.41, 5.74) is 2.63. The van der Waals surface area contributed by atoms with Crippen LogP contribution in [0.3, 0.4) is 0 Å². The van der Waals surface area contributed by atoms with Crippen molar-refractivity contribution in [2.24, 2.45) is 5.84 Å². The number of hydrogen-bond donors (Lipinski definition) is 3. The van der Waals surface area contributed by atoms with Crippen LogP contribution in [0, 0.1) is 0 Å². The second-order valence-corrected chi connectivity index (χ2v) is 8.95. The lowest BCUT2D eigenvalue weighted by Gasteiger charge is -2.13. The standard InChI is InChI=1S/C11H11F3N2O3.C8H11N3O2.C6H15N.C4F6O3/c1-2-19-10(18)7-4-3-5-15-9(7)16-6-8(17)11(12,13)14;1-2-13-8(12)6-4-3-5-10-7(6)11-9;1-4-7(5-2)6-3;5-3(6,7)1(11)13-2(12)4(8,9)10/h3-5H,2,6H2,1H3,(H,15,16);3-5H,2,9H2,1H3,(H,10,11);4-6H2,1-3H3;. The van der Waals surface area contributed by atoms with Crippen LogP contribution in [0.4, 0.5) is 51.1 Å². The van der Waals surface area contributed by atoms with Gasteiger partial charge in [-0.1, -0.05) is 20.8 Å². The van der Waals surface area contributed by atoms with Crippen molar-refractivity contribution in [1.29, 1.82) is 0 Å². The van der Waals surface area contributed by atoms with Gasteiger partial charge in [-0.05, 0) is 57.7 Å². The molecule has 0 fully saturated rings. The number of nitrogen functional groups attached to an aromatic ring is 1. The SMILES string of the molecule is CCN(CC)CC.CCOC(=O)c1cccnc1NCC(=O)C(F)(F)F.CCOC(=O)c1cccnc1NN.O=C(OC(=O)C(F)(F)F)C(F)(F)F. The summed E-state index contributed by atoms with van der Waals surface area (Å²) in [7, 11) is 0. The molecule has 0 bridgehead atoms. The Hall–Kier alpha value is -5.06. The summed E-state index contributed by atoms with van der Waals surface area (Å²) in [6, 6.07) is 6.02. The fraction of sp³-hybridized carbons (Fsp3) is 0.483. The van der Waals surface area contributed by atoms with Crippen molar-refractivity contribution in [2.45, 2.75) is 53.1 Å². The fourth-order valence-corrected chi connectivity index (χ4v) is 2.95. The molecule has 0 saturated heterocycles. The van der Waals surface area contributed by atoms with Gasteiger partial charge in [-0.2, -0.15) is 39.5 Å². The lowest BCUT2D eigenvalue weighted by Crippen LogP contribution is -2.34. The number of aromatic nitrogens is 2. The summed E-state index contributed by atoms with van der Waals surface area (Å²) in [6.07, 6.45) is -13.4. The van der Waals surface area contributed by atoms with Crippen LogP contribution in [0.15, 0.2) is 36.7 Å². The number of Topliss-reactive ketones (excluding diaryl/α,β-unsaturated/α-hetero) is 1. The molecule has 0 aliphatic heterocycles. The van der Waals surface area contributed by atoms with Crippen LogP contribution in [0.1, 0.15) is 55.3 Å². The number of halogens is 9. The third-order valence-corrected chi connectivity index (χ3v) is 5.47. The molecule has 2 aromatic rings. The van der Waals surface area contributed by atoms with Gasteiger partial charge in [-0.15, -0.1) is 0 Å². The van der Waals surface area contributed by atoms with Gasteiger partial charge in [0.15, 0.2) is 5.82 Å². The average molecular weight is 769 g/mol. The number of pyridine rings is 2. The predicted octanol–water partition coefficient (Wildman–Crippen LogP) is 4.87. The Balaban J connectivity index is 0. The zero-order valence-corrected chi connectivity index (χ0v) is 28.3. The zero-order valence-electron chi connectivity index (χ0n) is 28.3. The maximum Gasteiger partial charge on any atom is 0.491 e. The molecule has 14 nitrogen and oxygen atoms in total. The normalized spacial score (nSPS) is 10.8. The molecule has 0 atom stereocenters. The highest BCUT2D eigenvalue weighted by molar-refractivity contribution is 5.96. The van der Waals surface area contributed by atoms with Crippen molar-refractivity contribution in [3.05, 3.63) is 47.8 Å². The van der Waals surface area contributed by atoms with Gasteiger partial charge in [0.1, 0.15) is 16.9 Å². The minimum atomic E-state index is -5.62. The van der Waals surface area contributed by atoms with Gasteiger partial charge in [0, 0.05) is 12.4 Å². The van der Waals surface area contributed by atoms with Crippen molar-refractivity contribution in [1.82, 2.24) is 14.9 Å². The molecule has 0 aliphatic carbocycles. The molecule has 0 spiro atoms. The number of ether oxygens (including phenoxy) is 3. The smallest absolute Gasteiger partial charge is 0.462 e. The predicted molar refractivity (Wildman–Crippen MR) is 164 cm³/mol. The Morgan fingerprint density at radius 3 is 1.37 bits per heavy atom. The number of ketones is 1. The Labute approximate surface area is 291 Å². The number of rotatable bonds is 11. The van der Waals surface area contributed by atoms with Crippen LogP contribution < -0.4 is 16.6 Å². The highest BCUT2D eigenvalue weighted by Crippen LogP contribution is 2.22. The molecule has 23 heteroatoms. The van der Waals surface area contributed by atoms with Crippen molar-refractivity contribution < 1.29 is 77.7 Å². The van der Waals surface area contributed by atoms with Crippen LogP contribution in [0.25, 0.3) is 0 Å². The molecule has 0 amide bonds. The molecule has 52 heavy (non-hydrogen) atoms. The van der Waals surface area contributed by atoms with Crippen LogP contribution in [-0.2, 0) is 28.6 Å². The minimum absolute atomic E-state index is 0.0284. The van der Waals surface area contributed by atoms with Crippen molar-refractivity contribution in [2.75, 3.05) is 50.1 Å². The molecule has 294 valence electrons. The van der Waals surface area contributed by atoms with Crippen molar-refractivity contribution in [3.8, 4) is 0 Å². The first-order valence-corrected chi connectivity index (χ1v) is 14.7. The molecular formula is C29H37F9N6O8. The van der Waals surface area contributed by atoms with Crippen LogP contribution in [-0.4, -0.2) is 102 Å². The molecular weight excluding hydrogens is 731 g/mol. The van der Waals surface area contributed by atoms with Crippen LogP contribution in [0.5, 0.6) is 0 Å². The van der Waals surface area contributed by atoms with Gasteiger partial charge < -0.3 is 29.9 Å². The van der Waals surface area contributed by atoms with Gasteiger partial charge >= 0.3 is 42.4 Å². The van der Waals surface area contributed by atoms with E-state index >= 15 is 0 Å². The molecule has 0 radical (unpaired) electrons. The number of carbonyl (C=O) groups is 5.